The van der Waals surface area contributed by atoms with Crippen LogP contribution >= 0.6 is 0 Å². The number of imide groups is 1. The molecule has 2 aromatic rings. The number of hydrogen-bond acceptors (Lipinski definition) is 8. The fraction of sp³-hybridized carbons (Fsp3) is 0.536. The number of piperidine rings is 1. The molecular weight excluding hydrogens is 486 g/mol. The van der Waals surface area contributed by atoms with Crippen molar-refractivity contribution in [1.29, 1.82) is 0 Å². The number of carboxylic acids is 1. The number of nitrogens with zero attached hydrogens (tertiary/aromatic N) is 5. The second kappa shape index (κ2) is 12.8. The molecule has 1 saturated carbocycles. The van der Waals surface area contributed by atoms with Crippen LogP contribution in [-0.4, -0.2) is 87.0 Å². The highest BCUT2D eigenvalue weighted by molar-refractivity contribution is 5.98. The zero-order valence-corrected chi connectivity index (χ0v) is 21.8. The SMILES string of the molecule is O=C(O)c1ccccc1O.O=C1CC2(CCCC2)CC(=O)N1CCCCN1CCN(c2ncccn2)CC1. The molecule has 38 heavy (non-hydrogen) atoms. The number of hydrogen-bond donors (Lipinski definition) is 2. The highest BCUT2D eigenvalue weighted by Gasteiger charge is 2.44. The fourth-order valence-electron chi connectivity index (χ4n) is 5.65. The van der Waals surface area contributed by atoms with Gasteiger partial charge in [-0.1, -0.05) is 25.0 Å². The summed E-state index contributed by atoms with van der Waals surface area (Å²) in [5.74, 6) is -0.373. The van der Waals surface area contributed by atoms with E-state index in [-0.39, 0.29) is 28.5 Å². The second-order valence-electron chi connectivity index (χ2n) is 10.4. The van der Waals surface area contributed by atoms with E-state index in [1.807, 2.05) is 6.07 Å². The Hall–Kier alpha value is -3.53. The molecule has 2 N–H and O–H groups in total. The Balaban J connectivity index is 0.000000283. The highest BCUT2D eigenvalue weighted by atomic mass is 16.4. The number of unbranched alkanes of at least 4 members (excludes halogenated alkanes) is 1. The van der Waals surface area contributed by atoms with Gasteiger partial charge in [0, 0.05) is 58.0 Å². The number of phenols is 1. The van der Waals surface area contributed by atoms with Gasteiger partial charge in [0.25, 0.3) is 0 Å². The van der Waals surface area contributed by atoms with Gasteiger partial charge in [-0.2, -0.15) is 0 Å². The minimum atomic E-state index is -1.11. The van der Waals surface area contributed by atoms with Crippen molar-refractivity contribution < 1.29 is 24.6 Å². The molecule has 10 nitrogen and oxygen atoms in total. The van der Waals surface area contributed by atoms with Gasteiger partial charge in [-0.3, -0.25) is 19.4 Å². The lowest BCUT2D eigenvalue weighted by Gasteiger charge is -2.37. The Morgan fingerprint density at radius 1 is 0.868 bits per heavy atom. The lowest BCUT2D eigenvalue weighted by Crippen LogP contribution is -2.48. The molecule has 10 heteroatoms. The van der Waals surface area contributed by atoms with E-state index in [4.69, 9.17) is 10.2 Å². The van der Waals surface area contributed by atoms with Crippen molar-refractivity contribution in [2.45, 2.75) is 51.4 Å². The fourth-order valence-corrected chi connectivity index (χ4v) is 5.65. The van der Waals surface area contributed by atoms with Crippen molar-refractivity contribution in [2.75, 3.05) is 44.2 Å². The third-order valence-electron chi connectivity index (χ3n) is 7.77. The number of aromatic nitrogens is 2. The number of benzene rings is 1. The third-order valence-corrected chi connectivity index (χ3v) is 7.77. The van der Waals surface area contributed by atoms with E-state index in [1.165, 1.54) is 29.9 Å². The molecule has 3 aliphatic rings. The summed E-state index contributed by atoms with van der Waals surface area (Å²) in [6, 6.07) is 7.65. The molecule has 3 heterocycles. The Morgan fingerprint density at radius 3 is 2.05 bits per heavy atom. The monoisotopic (exact) mass is 523 g/mol. The molecule has 0 unspecified atom stereocenters. The number of likely N-dealkylation sites (tertiary alicyclic amines) is 1. The molecule has 1 aliphatic carbocycles. The van der Waals surface area contributed by atoms with Crippen molar-refractivity contribution >= 4 is 23.7 Å². The normalized spacial score (nSPS) is 19.4. The van der Waals surface area contributed by atoms with E-state index in [1.54, 1.807) is 24.5 Å². The summed E-state index contributed by atoms with van der Waals surface area (Å²) in [7, 11) is 0. The van der Waals surface area contributed by atoms with E-state index in [9.17, 15) is 14.4 Å². The van der Waals surface area contributed by atoms with Gasteiger partial charge in [0.05, 0.1) is 0 Å². The maximum atomic E-state index is 12.5. The number of para-hydroxylation sites is 1. The van der Waals surface area contributed by atoms with Crippen LogP contribution in [0.3, 0.4) is 0 Å². The minimum absolute atomic E-state index is 0.00676. The summed E-state index contributed by atoms with van der Waals surface area (Å²) < 4.78 is 0. The Labute approximate surface area is 223 Å². The summed E-state index contributed by atoms with van der Waals surface area (Å²) >= 11 is 0. The maximum Gasteiger partial charge on any atom is 0.339 e. The number of aromatic hydroxyl groups is 1. The number of rotatable bonds is 7. The summed E-state index contributed by atoms with van der Waals surface area (Å²) in [4.78, 5) is 50.1. The van der Waals surface area contributed by atoms with Gasteiger partial charge >= 0.3 is 5.97 Å². The van der Waals surface area contributed by atoms with E-state index < -0.39 is 5.97 Å². The van der Waals surface area contributed by atoms with Gasteiger partial charge in [0.2, 0.25) is 17.8 Å². The van der Waals surface area contributed by atoms with Crippen molar-refractivity contribution in [3.05, 3.63) is 48.3 Å². The van der Waals surface area contributed by atoms with E-state index >= 15 is 0 Å². The van der Waals surface area contributed by atoms with Crippen LogP contribution in [0.5, 0.6) is 5.75 Å². The molecule has 204 valence electrons. The largest absolute Gasteiger partial charge is 0.507 e. The molecule has 3 fully saturated rings. The van der Waals surface area contributed by atoms with Crippen LogP contribution in [-0.2, 0) is 9.59 Å². The summed E-state index contributed by atoms with van der Waals surface area (Å²) in [5.41, 5.74) is -0.0604. The zero-order valence-electron chi connectivity index (χ0n) is 21.8. The van der Waals surface area contributed by atoms with Crippen LogP contribution in [0.4, 0.5) is 5.95 Å². The first-order valence-corrected chi connectivity index (χ1v) is 13.5. The standard InChI is InChI=1S/C21H31N5O2.C7H6O3/c27-18-16-21(6-1-2-7-21)17-19(28)26(18)11-4-3-10-24-12-14-25(15-13-24)20-22-8-5-9-23-20;8-6-4-2-1-3-5(6)7(9)10/h5,8-9H,1-4,6-7,10-17H2;1-4,8H,(H,9,10). The second-order valence-corrected chi connectivity index (χ2v) is 10.4. The zero-order chi connectivity index (χ0) is 27.0. The minimum Gasteiger partial charge on any atom is -0.507 e. The number of carbonyl (C=O) groups excluding carboxylic acids is 2. The number of carbonyl (C=O) groups is 3. The lowest BCUT2D eigenvalue weighted by molar-refractivity contribution is -0.153. The Bertz CT molecular complexity index is 1080. The maximum absolute atomic E-state index is 12.5. The van der Waals surface area contributed by atoms with Gasteiger partial charge in [0.15, 0.2) is 0 Å². The number of carboxylic acid groups (broad SMARTS) is 1. The summed E-state index contributed by atoms with van der Waals surface area (Å²) in [6.45, 7) is 5.49. The molecular formula is C28H37N5O5. The molecule has 2 amide bonds. The predicted octanol–water partition coefficient (Wildman–Crippen LogP) is 3.18. The van der Waals surface area contributed by atoms with E-state index in [2.05, 4.69) is 19.8 Å². The molecule has 1 aromatic carbocycles. The van der Waals surface area contributed by atoms with Gasteiger partial charge in [-0.25, -0.2) is 14.8 Å². The average molecular weight is 524 g/mol. The lowest BCUT2D eigenvalue weighted by atomic mass is 9.76. The van der Waals surface area contributed by atoms with Crippen LogP contribution < -0.4 is 4.90 Å². The topological polar surface area (TPSA) is 127 Å². The quantitative estimate of drug-likeness (QED) is 0.415. The molecule has 1 spiro atoms. The van der Waals surface area contributed by atoms with Gasteiger partial charge in [0.1, 0.15) is 11.3 Å². The molecule has 0 atom stereocenters. The Kier molecular flexibility index (Phi) is 9.28. The predicted molar refractivity (Wildman–Crippen MR) is 142 cm³/mol. The van der Waals surface area contributed by atoms with E-state index in [0.29, 0.717) is 19.4 Å². The molecule has 0 radical (unpaired) electrons. The van der Waals surface area contributed by atoms with Crippen LogP contribution in [0.25, 0.3) is 0 Å². The molecule has 5 rings (SSSR count). The number of piperazine rings is 1. The van der Waals surface area contributed by atoms with Gasteiger partial charge in [-0.05, 0) is 55.8 Å². The molecule has 2 saturated heterocycles. The first-order valence-electron chi connectivity index (χ1n) is 13.5. The van der Waals surface area contributed by atoms with Crippen molar-refractivity contribution in [3.63, 3.8) is 0 Å². The van der Waals surface area contributed by atoms with Gasteiger partial charge < -0.3 is 15.1 Å². The third kappa shape index (κ3) is 7.06. The van der Waals surface area contributed by atoms with Crippen molar-refractivity contribution in [3.8, 4) is 5.75 Å². The summed E-state index contributed by atoms with van der Waals surface area (Å²) in [5, 5.41) is 17.3. The molecule has 1 aromatic heterocycles. The first kappa shape index (κ1) is 27.5. The first-order chi connectivity index (χ1) is 18.4. The number of amides is 2. The number of aromatic carboxylic acids is 1. The van der Waals surface area contributed by atoms with Crippen LogP contribution in [0.15, 0.2) is 42.7 Å². The van der Waals surface area contributed by atoms with E-state index in [0.717, 1.165) is 64.4 Å². The van der Waals surface area contributed by atoms with Gasteiger partial charge in [-0.15, -0.1) is 0 Å². The smallest absolute Gasteiger partial charge is 0.339 e. The van der Waals surface area contributed by atoms with Crippen LogP contribution in [0.2, 0.25) is 0 Å². The molecule has 0 bridgehead atoms. The molecule has 2 aliphatic heterocycles. The summed E-state index contributed by atoms with van der Waals surface area (Å²) in [6.07, 6.45) is 11.1. The van der Waals surface area contributed by atoms with Crippen LogP contribution in [0.1, 0.15) is 61.7 Å². The number of anilines is 1. The van der Waals surface area contributed by atoms with Crippen LogP contribution in [0, 0.1) is 5.41 Å². The average Bonchev–Trinajstić information content (AvgIpc) is 3.36. The van der Waals surface area contributed by atoms with Crippen molar-refractivity contribution in [2.24, 2.45) is 5.41 Å². The van der Waals surface area contributed by atoms with Crippen molar-refractivity contribution in [1.82, 2.24) is 19.8 Å². The highest BCUT2D eigenvalue weighted by Crippen LogP contribution is 2.46. The Morgan fingerprint density at radius 2 is 1.47 bits per heavy atom.